The van der Waals surface area contributed by atoms with Crippen LogP contribution in [0.2, 0.25) is 0 Å². The molecule has 0 saturated carbocycles. The van der Waals surface area contributed by atoms with Gasteiger partial charge in [-0.1, -0.05) is 24.3 Å². The normalized spacial score (nSPS) is 13.4. The Labute approximate surface area is 131 Å². The predicted molar refractivity (Wildman–Crippen MR) is 69.5 cm³/mol. The van der Waals surface area contributed by atoms with Gasteiger partial charge in [-0.05, 0) is 25.7 Å². The van der Waals surface area contributed by atoms with E-state index in [1.165, 1.54) is 39.5 Å². The van der Waals surface area contributed by atoms with Crippen molar-refractivity contribution >= 4 is 7.25 Å². The fraction of sp³-hybridized carbons (Fsp3) is 0.500. The van der Waals surface area contributed by atoms with Gasteiger partial charge in [0, 0.05) is 34.0 Å². The Morgan fingerprint density at radius 3 is 0.950 bits per heavy atom. The minimum atomic E-state index is -6.00. The minimum absolute atomic E-state index is 0. The smallest absolute Gasteiger partial charge is 0.418 e. The van der Waals surface area contributed by atoms with Crippen LogP contribution in [-0.4, -0.2) is 7.25 Å². The van der Waals surface area contributed by atoms with Gasteiger partial charge in [-0.2, -0.15) is 10.5 Å². The van der Waals surface area contributed by atoms with Gasteiger partial charge in [0.1, 0.15) is 0 Å². The first-order valence-corrected chi connectivity index (χ1v) is 5.62. The zero-order valence-corrected chi connectivity index (χ0v) is 13.8. The van der Waals surface area contributed by atoms with E-state index in [0.29, 0.717) is 0 Å². The van der Waals surface area contributed by atoms with E-state index in [2.05, 4.69) is 24.3 Å². The molecule has 2 nitrogen and oxygen atoms in total. The van der Waals surface area contributed by atoms with Gasteiger partial charge >= 0.3 is 7.25 Å². The largest absolute Gasteiger partial charge is 0.673 e. The number of halogens is 4. The van der Waals surface area contributed by atoms with Crippen LogP contribution < -0.4 is 0 Å². The molecule has 1 radical (unpaired) electrons. The van der Waals surface area contributed by atoms with Gasteiger partial charge in [0.25, 0.3) is 0 Å². The molecule has 1 rings (SSSR count). The Hall–Kier alpha value is -1.11. The predicted octanol–water partition coefficient (Wildman–Crippen LogP) is 5.03. The summed E-state index contributed by atoms with van der Waals surface area (Å²) >= 11 is 0. The monoisotopic (exact) mass is 470 g/mol. The van der Waals surface area contributed by atoms with E-state index in [1.54, 1.807) is 12.1 Å². The van der Waals surface area contributed by atoms with Crippen molar-refractivity contribution in [1.29, 1.82) is 10.5 Å². The molecular formula is C12H18BF4IrN2-. The molecular weight excluding hydrogens is 451 g/mol. The number of nitriles is 2. The molecule has 1 aliphatic rings. The van der Waals surface area contributed by atoms with Crippen LogP contribution in [0, 0.1) is 22.7 Å². The molecule has 0 heterocycles. The van der Waals surface area contributed by atoms with Crippen LogP contribution in [-0.2, 0) is 20.1 Å². The molecule has 0 unspecified atom stereocenters. The summed E-state index contributed by atoms with van der Waals surface area (Å²) in [6, 6.07) is 3.50. The molecule has 0 atom stereocenters. The van der Waals surface area contributed by atoms with Crippen LogP contribution in [0.1, 0.15) is 39.5 Å². The third-order valence-electron chi connectivity index (χ3n) is 1.33. The molecule has 20 heavy (non-hydrogen) atoms. The van der Waals surface area contributed by atoms with Gasteiger partial charge in [-0.15, -0.1) is 0 Å². The number of allylic oxidation sites excluding steroid dienone is 4. The Bertz CT molecular complexity index is 273. The summed E-state index contributed by atoms with van der Waals surface area (Å²) in [5.41, 5.74) is 0. The molecule has 0 aromatic heterocycles. The third kappa shape index (κ3) is 89.8. The van der Waals surface area contributed by atoms with Crippen LogP contribution in [0.3, 0.4) is 0 Å². The Kier molecular flexibility index (Phi) is 31.4. The van der Waals surface area contributed by atoms with Crippen LogP contribution in [0.5, 0.6) is 0 Å². The van der Waals surface area contributed by atoms with Crippen LogP contribution in [0.4, 0.5) is 17.3 Å². The van der Waals surface area contributed by atoms with Crippen LogP contribution in [0.15, 0.2) is 24.3 Å². The first kappa shape index (κ1) is 27.3. The van der Waals surface area contributed by atoms with E-state index in [0.717, 1.165) is 0 Å². The summed E-state index contributed by atoms with van der Waals surface area (Å²) in [6.07, 6.45) is 14.0. The van der Waals surface area contributed by atoms with E-state index in [9.17, 15) is 17.3 Å². The van der Waals surface area contributed by atoms with Gasteiger partial charge in [-0.25, -0.2) is 0 Å². The molecule has 8 heteroatoms. The molecule has 0 saturated heterocycles. The van der Waals surface area contributed by atoms with Gasteiger partial charge in [0.15, 0.2) is 0 Å². The zero-order chi connectivity index (χ0) is 15.6. The van der Waals surface area contributed by atoms with E-state index >= 15 is 0 Å². The van der Waals surface area contributed by atoms with Crippen molar-refractivity contribution in [3.05, 3.63) is 24.3 Å². The maximum atomic E-state index is 9.75. The Morgan fingerprint density at radius 1 is 0.750 bits per heavy atom. The van der Waals surface area contributed by atoms with Crippen molar-refractivity contribution in [2.45, 2.75) is 39.5 Å². The second-order valence-electron chi connectivity index (χ2n) is 3.04. The fourth-order valence-electron chi connectivity index (χ4n) is 0.856. The average Bonchev–Trinajstić information content (AvgIpc) is 2.15. The summed E-state index contributed by atoms with van der Waals surface area (Å²) in [4.78, 5) is 0. The van der Waals surface area contributed by atoms with Crippen molar-refractivity contribution < 1.29 is 37.4 Å². The van der Waals surface area contributed by atoms with Crippen molar-refractivity contribution in [3.8, 4) is 12.1 Å². The molecule has 0 fully saturated rings. The number of nitrogens with zero attached hydrogens (tertiary/aromatic N) is 2. The number of hydrogen-bond donors (Lipinski definition) is 0. The fourth-order valence-corrected chi connectivity index (χ4v) is 0.856. The summed E-state index contributed by atoms with van der Waals surface area (Å²) in [7, 11) is -6.00. The second-order valence-corrected chi connectivity index (χ2v) is 3.04. The van der Waals surface area contributed by atoms with Crippen molar-refractivity contribution in [2.75, 3.05) is 0 Å². The first-order chi connectivity index (χ1) is 8.83. The summed E-state index contributed by atoms with van der Waals surface area (Å²) < 4.78 is 39.0. The maximum Gasteiger partial charge on any atom is 0.673 e. The standard InChI is InChI=1S/C8H12.2C2H3N.BF4.Ir/c1-2-4-6-8-7-5-3-1;2*1-2-3;2-1(3,4)5;/h1-2,7-8H,3-6H2;2*1H3;;/q;;;-1;/b2-1-,8-7?;;;;. The Morgan fingerprint density at radius 2 is 0.850 bits per heavy atom. The van der Waals surface area contributed by atoms with E-state index in [4.69, 9.17) is 10.5 Å². The molecule has 0 aliphatic heterocycles. The molecule has 0 spiro atoms. The minimum Gasteiger partial charge on any atom is -0.418 e. The maximum absolute atomic E-state index is 9.75. The van der Waals surface area contributed by atoms with E-state index in [1.807, 2.05) is 0 Å². The van der Waals surface area contributed by atoms with Crippen molar-refractivity contribution in [2.24, 2.45) is 0 Å². The van der Waals surface area contributed by atoms with Crippen LogP contribution in [0.25, 0.3) is 0 Å². The summed E-state index contributed by atoms with van der Waals surface area (Å²) in [5, 5.41) is 14.6. The second kappa shape index (κ2) is 23.0. The first-order valence-electron chi connectivity index (χ1n) is 5.62. The molecule has 117 valence electrons. The van der Waals surface area contributed by atoms with Crippen molar-refractivity contribution in [1.82, 2.24) is 0 Å². The van der Waals surface area contributed by atoms with E-state index < -0.39 is 7.25 Å². The SMILES string of the molecule is C1=CCC/C=C\CC1.CC#N.CC#N.F[B-](F)(F)F.[Ir]. The molecule has 0 aromatic carbocycles. The van der Waals surface area contributed by atoms with Crippen LogP contribution >= 0.6 is 0 Å². The van der Waals surface area contributed by atoms with Gasteiger partial charge in [0.2, 0.25) is 0 Å². The Balaban J connectivity index is -0.0000000935. The zero-order valence-electron chi connectivity index (χ0n) is 11.5. The molecule has 0 N–H and O–H groups in total. The topological polar surface area (TPSA) is 47.6 Å². The summed E-state index contributed by atoms with van der Waals surface area (Å²) in [5.74, 6) is 0. The number of rotatable bonds is 0. The molecule has 1 aliphatic carbocycles. The molecule has 0 amide bonds. The van der Waals surface area contributed by atoms with Crippen molar-refractivity contribution in [3.63, 3.8) is 0 Å². The van der Waals surface area contributed by atoms with Gasteiger partial charge in [0.05, 0.1) is 12.1 Å². The third-order valence-corrected chi connectivity index (χ3v) is 1.33. The summed E-state index contributed by atoms with van der Waals surface area (Å²) in [6.45, 7) is 2.86. The van der Waals surface area contributed by atoms with Gasteiger partial charge in [-0.3, -0.25) is 0 Å². The quantitative estimate of drug-likeness (QED) is 0.284. The molecule has 0 aromatic rings. The average molecular weight is 469 g/mol. The van der Waals surface area contributed by atoms with Gasteiger partial charge < -0.3 is 17.3 Å². The number of hydrogen-bond acceptors (Lipinski definition) is 2. The van der Waals surface area contributed by atoms with E-state index in [-0.39, 0.29) is 20.1 Å². The molecule has 0 bridgehead atoms.